The van der Waals surface area contributed by atoms with Gasteiger partial charge in [0.1, 0.15) is 11.4 Å². The lowest BCUT2D eigenvalue weighted by Gasteiger charge is -2.34. The van der Waals surface area contributed by atoms with E-state index in [4.69, 9.17) is 9.84 Å². The average Bonchev–Trinajstić information content (AvgIpc) is 3.49. The van der Waals surface area contributed by atoms with E-state index in [0.29, 0.717) is 64.5 Å². The van der Waals surface area contributed by atoms with Gasteiger partial charge in [0.2, 0.25) is 0 Å². The van der Waals surface area contributed by atoms with Crippen molar-refractivity contribution in [2.45, 2.75) is 73.0 Å². The Kier molecular flexibility index (Phi) is 9.45. The van der Waals surface area contributed by atoms with Crippen LogP contribution in [-0.4, -0.2) is 105 Å². The molecular formula is C30H44F3N7O4S. The molecule has 0 unspecified atom stereocenters. The fourth-order valence-corrected chi connectivity index (χ4v) is 8.61. The molecule has 0 bridgehead atoms. The number of piperazine rings is 1. The molecule has 1 aromatic carbocycles. The molecule has 1 aliphatic carbocycles. The number of ether oxygens (including phenoxy) is 1. The van der Waals surface area contributed by atoms with Gasteiger partial charge in [-0.1, -0.05) is 0 Å². The highest BCUT2D eigenvalue weighted by Crippen LogP contribution is 2.42. The van der Waals surface area contributed by atoms with Gasteiger partial charge in [0, 0.05) is 71.7 Å². The number of nitrogens with zero attached hydrogens (tertiary/aromatic N) is 6. The number of alkyl halides is 3. The Morgan fingerprint density at radius 3 is 2.47 bits per heavy atom. The van der Waals surface area contributed by atoms with E-state index in [1.807, 2.05) is 34.5 Å². The second kappa shape index (κ2) is 12.7. The zero-order valence-electron chi connectivity index (χ0n) is 25.7. The maximum Gasteiger partial charge on any atom is 0.417 e. The summed E-state index contributed by atoms with van der Waals surface area (Å²) < 4.78 is 79.3. The van der Waals surface area contributed by atoms with Gasteiger partial charge in [0.25, 0.3) is 0 Å². The summed E-state index contributed by atoms with van der Waals surface area (Å²) in [5.74, 6) is 0.752. The van der Waals surface area contributed by atoms with Gasteiger partial charge >= 0.3 is 6.18 Å². The van der Waals surface area contributed by atoms with Crippen molar-refractivity contribution in [1.82, 2.24) is 20.0 Å². The van der Waals surface area contributed by atoms with Crippen LogP contribution < -0.4 is 15.1 Å². The standard InChI is InChI=1S/C30H40F3N7O3S.H2O.H2/c1-21-15-28(40(36-21)22-5-13-43-14-6-22)39-19-25(16-24(39)18-35-29(20-34)7-8-29)44(41,42)27-4-3-23(17-26(27)30(31,32)33)38-11-9-37(2)10-12-38;;/h3-4,15,17,22,24-25,35H,5-14,16,18-19H2,1-2H3;1H2;1H/t24-,25+;;/m0../s1. The smallest absolute Gasteiger partial charge is 0.412 e. The Morgan fingerprint density at radius 2 is 1.84 bits per heavy atom. The zero-order valence-corrected chi connectivity index (χ0v) is 26.5. The maximum absolute atomic E-state index is 14.5. The summed E-state index contributed by atoms with van der Waals surface area (Å²) in [4.78, 5) is 5.28. The Bertz CT molecular complexity index is 1520. The summed E-state index contributed by atoms with van der Waals surface area (Å²) in [6.45, 7) is 6.00. The molecule has 4 aliphatic rings. The number of likely N-dealkylation sites (N-methyl/N-ethyl adjacent to an activating group) is 1. The zero-order chi connectivity index (χ0) is 31.3. The van der Waals surface area contributed by atoms with Crippen LogP contribution in [0.2, 0.25) is 0 Å². The van der Waals surface area contributed by atoms with Gasteiger partial charge < -0.3 is 24.9 Å². The van der Waals surface area contributed by atoms with Gasteiger partial charge in [0.15, 0.2) is 9.84 Å². The van der Waals surface area contributed by atoms with E-state index in [1.165, 1.54) is 6.07 Å². The Hall–Kier alpha value is -2.90. The molecule has 3 N–H and O–H groups in total. The largest absolute Gasteiger partial charge is 0.417 e. The highest BCUT2D eigenvalue weighted by Gasteiger charge is 2.48. The number of halogens is 3. The number of rotatable bonds is 8. The normalized spacial score (nSPS) is 24.4. The third kappa shape index (κ3) is 6.80. The summed E-state index contributed by atoms with van der Waals surface area (Å²) in [5.41, 5.74) is -0.589. The topological polar surface area (TPSA) is 138 Å². The number of hydrogen-bond acceptors (Lipinski definition) is 9. The van der Waals surface area contributed by atoms with E-state index in [9.17, 15) is 26.9 Å². The predicted molar refractivity (Wildman–Crippen MR) is 165 cm³/mol. The number of aryl methyl sites for hydroxylation is 1. The first-order valence-electron chi connectivity index (χ1n) is 15.4. The van der Waals surface area contributed by atoms with E-state index in [2.05, 4.69) is 16.3 Å². The van der Waals surface area contributed by atoms with Gasteiger partial charge in [-0.05, 0) is 64.3 Å². The highest BCUT2D eigenvalue weighted by atomic mass is 32.2. The molecule has 0 spiro atoms. The molecule has 15 heteroatoms. The molecule has 3 aliphatic heterocycles. The number of nitriles is 1. The third-order valence-corrected chi connectivity index (χ3v) is 11.8. The quantitative estimate of drug-likeness (QED) is 0.455. The predicted octanol–water partition coefficient (Wildman–Crippen LogP) is 2.80. The molecule has 2 atom stereocenters. The first-order valence-corrected chi connectivity index (χ1v) is 16.9. The van der Waals surface area contributed by atoms with Crippen molar-refractivity contribution in [3.05, 3.63) is 35.5 Å². The van der Waals surface area contributed by atoms with Crippen LogP contribution >= 0.6 is 0 Å². The molecule has 0 radical (unpaired) electrons. The Labute approximate surface area is 263 Å². The lowest BCUT2D eigenvalue weighted by Crippen LogP contribution is -2.44. The Morgan fingerprint density at radius 1 is 1.16 bits per heavy atom. The summed E-state index contributed by atoms with van der Waals surface area (Å²) in [6.07, 6.45) is -1.75. The summed E-state index contributed by atoms with van der Waals surface area (Å²) in [6, 6.07) is 7.60. The molecule has 6 rings (SSSR count). The van der Waals surface area contributed by atoms with Gasteiger partial charge in [-0.2, -0.15) is 23.5 Å². The van der Waals surface area contributed by atoms with Gasteiger partial charge in [-0.25, -0.2) is 13.1 Å². The summed E-state index contributed by atoms with van der Waals surface area (Å²) in [5, 5.41) is 16.6. The van der Waals surface area contributed by atoms with Crippen molar-refractivity contribution < 1.29 is 33.2 Å². The maximum atomic E-state index is 14.5. The van der Waals surface area contributed by atoms with E-state index in [0.717, 1.165) is 36.5 Å². The SMILES string of the molecule is Cc1cc(N2C[C@H](S(=O)(=O)c3ccc(N4CCN(C)CC4)cc3C(F)(F)F)C[C@H]2CNC2(C#N)CC2)n(C2CCOCC2)n1.O.[HH]. The van der Waals surface area contributed by atoms with Crippen LogP contribution in [0.25, 0.3) is 0 Å². The van der Waals surface area contributed by atoms with Gasteiger partial charge in [-0.3, -0.25) is 5.32 Å². The van der Waals surface area contributed by atoms with E-state index < -0.39 is 37.3 Å². The van der Waals surface area contributed by atoms with Gasteiger partial charge in [-0.15, -0.1) is 0 Å². The number of nitrogens with one attached hydrogen (secondary N) is 1. The van der Waals surface area contributed by atoms with Crippen LogP contribution in [0.4, 0.5) is 24.7 Å². The number of sulfone groups is 1. The highest BCUT2D eigenvalue weighted by molar-refractivity contribution is 7.92. The van der Waals surface area contributed by atoms with E-state index in [-0.39, 0.29) is 32.0 Å². The first-order chi connectivity index (χ1) is 20.9. The molecule has 1 aromatic heterocycles. The van der Waals surface area contributed by atoms with Crippen LogP contribution in [0, 0.1) is 18.3 Å². The van der Waals surface area contributed by atoms with E-state index in [1.54, 1.807) is 0 Å². The molecule has 0 amide bonds. The lowest BCUT2D eigenvalue weighted by atomic mass is 10.1. The minimum absolute atomic E-state index is 0. The minimum Gasteiger partial charge on any atom is -0.412 e. The summed E-state index contributed by atoms with van der Waals surface area (Å²) >= 11 is 0. The molecule has 250 valence electrons. The van der Waals surface area contributed by atoms with Crippen molar-refractivity contribution in [2.24, 2.45) is 0 Å². The second-order valence-electron chi connectivity index (χ2n) is 12.7. The molecule has 1 saturated carbocycles. The lowest BCUT2D eigenvalue weighted by molar-refractivity contribution is -0.139. The van der Waals surface area contributed by atoms with Crippen LogP contribution in [0.3, 0.4) is 0 Å². The minimum atomic E-state index is -4.84. The van der Waals surface area contributed by atoms with Crippen molar-refractivity contribution in [1.29, 1.82) is 5.26 Å². The number of hydrogen-bond donors (Lipinski definition) is 1. The van der Waals surface area contributed by atoms with Crippen LogP contribution in [-0.2, 0) is 20.8 Å². The monoisotopic (exact) mass is 655 g/mol. The Balaban J connectivity index is 0.00000240. The molecular weight excluding hydrogens is 611 g/mol. The molecule has 4 heterocycles. The second-order valence-corrected chi connectivity index (χ2v) is 14.9. The fraction of sp³-hybridized carbons (Fsp3) is 0.667. The van der Waals surface area contributed by atoms with Crippen LogP contribution in [0.5, 0.6) is 0 Å². The average molecular weight is 656 g/mol. The van der Waals surface area contributed by atoms with Crippen molar-refractivity contribution >= 4 is 21.3 Å². The third-order valence-electron chi connectivity index (χ3n) is 9.57. The molecule has 11 nitrogen and oxygen atoms in total. The number of anilines is 2. The first kappa shape index (κ1) is 33.5. The van der Waals surface area contributed by atoms with Crippen molar-refractivity contribution in [3.8, 4) is 6.07 Å². The van der Waals surface area contributed by atoms with Crippen molar-refractivity contribution in [2.75, 3.05) is 69.3 Å². The number of benzene rings is 1. The van der Waals surface area contributed by atoms with Crippen LogP contribution in [0.1, 0.15) is 50.8 Å². The van der Waals surface area contributed by atoms with Crippen LogP contribution in [0.15, 0.2) is 29.2 Å². The van der Waals surface area contributed by atoms with Gasteiger partial charge in [0.05, 0.1) is 33.5 Å². The molecule has 2 aromatic rings. The van der Waals surface area contributed by atoms with Crippen molar-refractivity contribution in [3.63, 3.8) is 0 Å². The fourth-order valence-electron chi connectivity index (χ4n) is 6.68. The molecule has 4 fully saturated rings. The van der Waals surface area contributed by atoms with E-state index >= 15 is 0 Å². The summed E-state index contributed by atoms with van der Waals surface area (Å²) in [7, 11) is -2.43. The molecule has 3 saturated heterocycles. The molecule has 45 heavy (non-hydrogen) atoms. The number of aromatic nitrogens is 2.